The molecule has 3 aromatic rings. The van der Waals surface area contributed by atoms with Gasteiger partial charge in [0.2, 0.25) is 0 Å². The largest absolute Gasteiger partial charge is 0.496 e. The van der Waals surface area contributed by atoms with E-state index in [0.717, 1.165) is 9.47 Å². The maximum atomic E-state index is 14.6. The van der Waals surface area contributed by atoms with Gasteiger partial charge in [-0.1, -0.05) is 18.2 Å². The van der Waals surface area contributed by atoms with Crippen LogP contribution in [0.2, 0.25) is 0 Å². The Morgan fingerprint density at radius 2 is 1.77 bits per heavy atom. The predicted octanol–water partition coefficient (Wildman–Crippen LogP) is 5.26. The number of halogens is 6. The van der Waals surface area contributed by atoms with Gasteiger partial charge in [0.1, 0.15) is 11.8 Å². The van der Waals surface area contributed by atoms with Crippen LogP contribution in [0.25, 0.3) is 10.9 Å². The Balaban J connectivity index is 1.68. The van der Waals surface area contributed by atoms with Crippen molar-refractivity contribution < 1.29 is 35.9 Å². The number of carbonyl (C=O) groups excluding carboxylic acids is 1. The van der Waals surface area contributed by atoms with Crippen LogP contribution in [-0.2, 0) is 6.54 Å². The number of pyridine rings is 1. The summed E-state index contributed by atoms with van der Waals surface area (Å²) < 4.78 is 88.7. The van der Waals surface area contributed by atoms with Crippen LogP contribution in [-0.4, -0.2) is 59.5 Å². The minimum Gasteiger partial charge on any atom is -0.496 e. The Hall–Kier alpha value is -3.48. The average molecular weight is 573 g/mol. The van der Waals surface area contributed by atoms with E-state index in [1.807, 2.05) is 0 Å². The van der Waals surface area contributed by atoms with E-state index in [9.17, 15) is 35.9 Å². The van der Waals surface area contributed by atoms with Gasteiger partial charge < -0.3 is 19.6 Å². The van der Waals surface area contributed by atoms with Crippen molar-refractivity contribution >= 4 is 16.8 Å². The van der Waals surface area contributed by atoms with Gasteiger partial charge in [-0.15, -0.1) is 0 Å². The minimum atomic E-state index is -4.72. The average Bonchev–Trinajstić information content (AvgIpc) is 3.14. The number of para-hydroxylation sites is 1. The molecule has 1 aliphatic heterocycles. The number of piperidine rings is 1. The number of aromatic nitrogens is 2. The minimum absolute atomic E-state index is 0.0295. The third kappa shape index (κ3) is 6.13. The molecule has 4 rings (SSSR count). The number of ether oxygens (including phenoxy) is 1. The molecule has 1 fully saturated rings. The van der Waals surface area contributed by atoms with E-state index < -0.39 is 42.3 Å². The third-order valence-corrected chi connectivity index (χ3v) is 7.35. The highest BCUT2D eigenvalue weighted by atomic mass is 19.4. The highest BCUT2D eigenvalue weighted by Gasteiger charge is 2.48. The van der Waals surface area contributed by atoms with Crippen LogP contribution in [0.4, 0.5) is 26.3 Å². The summed E-state index contributed by atoms with van der Waals surface area (Å²) >= 11 is 0. The smallest absolute Gasteiger partial charge is 0.409 e. The molecular formula is C27H30F6N4O3. The number of H-pyrrole nitrogens is 1. The quantitative estimate of drug-likeness (QED) is 0.379. The van der Waals surface area contributed by atoms with Gasteiger partial charge in [0.15, 0.2) is 0 Å². The van der Waals surface area contributed by atoms with Crippen molar-refractivity contribution in [1.29, 1.82) is 0 Å². The lowest BCUT2D eigenvalue weighted by atomic mass is 9.88. The molecule has 0 bridgehead atoms. The fourth-order valence-electron chi connectivity index (χ4n) is 5.63. The monoisotopic (exact) mass is 572 g/mol. The zero-order valence-electron chi connectivity index (χ0n) is 22.2. The maximum Gasteiger partial charge on any atom is 0.409 e. The fraction of sp³-hybridized carbons (Fsp3) is 0.481. The molecule has 0 unspecified atom stereocenters. The van der Waals surface area contributed by atoms with Crippen LogP contribution >= 0.6 is 0 Å². The van der Waals surface area contributed by atoms with Gasteiger partial charge in [0.25, 0.3) is 11.5 Å². The molecule has 40 heavy (non-hydrogen) atoms. The van der Waals surface area contributed by atoms with Gasteiger partial charge in [-0.05, 0) is 57.8 Å². The Morgan fingerprint density at radius 1 is 1.12 bits per heavy atom. The van der Waals surface area contributed by atoms with Crippen LogP contribution in [0, 0.1) is 19.8 Å². The number of carbonyl (C=O) groups is 1. The van der Waals surface area contributed by atoms with Gasteiger partial charge in [-0.3, -0.25) is 14.5 Å². The molecule has 1 saturated heterocycles. The predicted molar refractivity (Wildman–Crippen MR) is 137 cm³/mol. The van der Waals surface area contributed by atoms with Crippen molar-refractivity contribution in [3.8, 4) is 5.75 Å². The Labute approximate surface area is 226 Å². The van der Waals surface area contributed by atoms with E-state index in [0.29, 0.717) is 11.1 Å². The molecule has 13 heteroatoms. The molecule has 1 aromatic carbocycles. The lowest BCUT2D eigenvalue weighted by Crippen LogP contribution is -2.44. The molecule has 1 aliphatic rings. The zero-order chi connectivity index (χ0) is 29.4. The summed E-state index contributed by atoms with van der Waals surface area (Å²) in [5, 5.41) is 2.93. The van der Waals surface area contributed by atoms with Crippen molar-refractivity contribution in [2.24, 2.45) is 5.92 Å². The first kappa shape index (κ1) is 29.5. The molecule has 2 N–H and O–H groups in total. The number of rotatable bonds is 7. The summed E-state index contributed by atoms with van der Waals surface area (Å²) in [5.74, 6) is -1.39. The van der Waals surface area contributed by atoms with Crippen molar-refractivity contribution in [3.05, 3.63) is 63.2 Å². The van der Waals surface area contributed by atoms with Gasteiger partial charge in [-0.25, -0.2) is 0 Å². The number of nitrogens with one attached hydrogen (secondary N) is 2. The molecule has 218 valence electrons. The first-order chi connectivity index (χ1) is 18.7. The number of nitrogens with zero attached hydrogens (tertiary/aromatic N) is 2. The molecule has 0 spiro atoms. The highest BCUT2D eigenvalue weighted by molar-refractivity contribution is 6.08. The van der Waals surface area contributed by atoms with Crippen molar-refractivity contribution in [3.63, 3.8) is 0 Å². The lowest BCUT2D eigenvalue weighted by molar-refractivity contribution is -0.187. The molecule has 1 atom stereocenters. The SMILES string of the molecule is COc1cc(C)[nH]c(=O)c1CNC(=O)c1c(C)n([C@@H](C2CCN(CC(F)(F)F)CC2)C(F)(F)F)c2ccccc12. The lowest BCUT2D eigenvalue weighted by Gasteiger charge is -2.38. The number of fused-ring (bicyclic) bond motifs is 1. The molecule has 3 heterocycles. The van der Waals surface area contributed by atoms with Crippen molar-refractivity contribution in [1.82, 2.24) is 19.8 Å². The van der Waals surface area contributed by atoms with E-state index in [4.69, 9.17) is 4.74 Å². The molecule has 7 nitrogen and oxygen atoms in total. The second-order valence-corrected chi connectivity index (χ2v) is 10.1. The number of alkyl halides is 6. The van der Waals surface area contributed by atoms with E-state index in [-0.39, 0.29) is 60.6 Å². The Bertz CT molecular complexity index is 1440. The van der Waals surface area contributed by atoms with E-state index in [2.05, 4.69) is 10.3 Å². The Kier molecular flexibility index (Phi) is 8.25. The normalized spacial score (nSPS) is 16.3. The van der Waals surface area contributed by atoms with Crippen molar-refractivity contribution in [2.75, 3.05) is 26.7 Å². The summed E-state index contributed by atoms with van der Waals surface area (Å²) in [5.41, 5.74) is 0.534. The number of methoxy groups -OCH3 is 1. The molecule has 0 saturated carbocycles. The number of likely N-dealkylation sites (tertiary alicyclic amines) is 1. The number of amides is 1. The third-order valence-electron chi connectivity index (χ3n) is 7.35. The molecule has 0 aliphatic carbocycles. The number of hydrogen-bond donors (Lipinski definition) is 2. The second kappa shape index (κ2) is 11.2. The van der Waals surface area contributed by atoms with Gasteiger partial charge in [-0.2, -0.15) is 26.3 Å². The fourth-order valence-corrected chi connectivity index (χ4v) is 5.63. The Morgan fingerprint density at radius 3 is 2.38 bits per heavy atom. The molecule has 2 aromatic heterocycles. The van der Waals surface area contributed by atoms with Crippen molar-refractivity contribution in [2.45, 2.75) is 51.6 Å². The number of hydrogen-bond acceptors (Lipinski definition) is 4. The van der Waals surface area contributed by atoms with Crippen LogP contribution in [0.1, 0.15) is 46.2 Å². The van der Waals surface area contributed by atoms with Gasteiger partial charge >= 0.3 is 12.4 Å². The highest BCUT2D eigenvalue weighted by Crippen LogP contribution is 2.45. The van der Waals surface area contributed by atoms with E-state index in [1.165, 1.54) is 20.1 Å². The van der Waals surface area contributed by atoms with Gasteiger partial charge in [0, 0.05) is 22.3 Å². The topological polar surface area (TPSA) is 79.4 Å². The number of benzene rings is 1. The first-order valence-corrected chi connectivity index (χ1v) is 12.7. The summed E-state index contributed by atoms with van der Waals surface area (Å²) in [6.07, 6.45) is -9.31. The number of aryl methyl sites for hydroxylation is 1. The zero-order valence-corrected chi connectivity index (χ0v) is 22.2. The second-order valence-electron chi connectivity index (χ2n) is 10.1. The number of aromatic amines is 1. The maximum absolute atomic E-state index is 14.6. The molecular weight excluding hydrogens is 542 g/mol. The summed E-state index contributed by atoms with van der Waals surface area (Å²) in [6, 6.07) is 5.77. The molecule has 1 amide bonds. The standard InChI is InChI=1S/C27H30F6N4O3/c1-15-12-21(40-3)19(24(38)35-15)13-34-25(39)22-16(2)37(20-7-5-4-6-18(20)22)23(27(31,32)33)17-8-10-36(11-9-17)14-26(28,29)30/h4-7,12,17,23H,8-11,13-14H2,1-3H3,(H,34,39)(H,35,38)/t23-/m0/s1. The van der Waals surface area contributed by atoms with Crippen LogP contribution in [0.5, 0.6) is 5.75 Å². The summed E-state index contributed by atoms with van der Waals surface area (Å²) in [6.45, 7) is 1.47. The van der Waals surface area contributed by atoms with Gasteiger partial charge in [0.05, 0.1) is 31.3 Å². The van der Waals surface area contributed by atoms with E-state index in [1.54, 1.807) is 31.2 Å². The molecule has 0 radical (unpaired) electrons. The summed E-state index contributed by atoms with van der Waals surface area (Å²) in [4.78, 5) is 29.6. The van der Waals surface area contributed by atoms with Crippen LogP contribution < -0.4 is 15.6 Å². The van der Waals surface area contributed by atoms with Crippen LogP contribution in [0.15, 0.2) is 35.1 Å². The first-order valence-electron chi connectivity index (χ1n) is 12.7. The van der Waals surface area contributed by atoms with E-state index >= 15 is 0 Å². The van der Waals surface area contributed by atoms with Crippen LogP contribution in [0.3, 0.4) is 0 Å². The summed E-state index contributed by atoms with van der Waals surface area (Å²) in [7, 11) is 1.38.